The number of hydrogen-bond donors (Lipinski definition) is 6. The number of hydrogen-bond acceptors (Lipinski definition) is 10. The van der Waals surface area contributed by atoms with Gasteiger partial charge in [-0.25, -0.2) is 0 Å². The van der Waals surface area contributed by atoms with Crippen LogP contribution in [0.5, 0.6) is 0 Å². The number of aliphatic hydroxyl groups is 6. The first-order valence-corrected chi connectivity index (χ1v) is 11.3. The van der Waals surface area contributed by atoms with E-state index in [1.807, 2.05) is 0 Å². The third-order valence-corrected chi connectivity index (χ3v) is 6.67. The van der Waals surface area contributed by atoms with E-state index in [-0.39, 0.29) is 11.8 Å². The summed E-state index contributed by atoms with van der Waals surface area (Å²) < 4.78 is 17.1. The number of nitrogens with zero attached hydrogens (tertiary/aromatic N) is 1. The average Bonchev–Trinajstić information content (AvgIpc) is 3.10. The molecule has 3 fully saturated rings. The molecule has 3 rings (SSSR count). The van der Waals surface area contributed by atoms with Gasteiger partial charge in [-0.3, -0.25) is 4.79 Å². The molecule has 3 saturated heterocycles. The smallest absolute Gasteiger partial charge is 0.225 e. The lowest BCUT2D eigenvalue weighted by Crippen LogP contribution is -2.65. The molecule has 32 heavy (non-hydrogen) atoms. The molecule has 3 aliphatic rings. The topological polar surface area (TPSA) is 169 Å². The van der Waals surface area contributed by atoms with E-state index in [1.165, 1.54) is 4.90 Å². The Hall–Kier alpha value is -0.890. The number of rotatable bonds is 7. The Balaban J connectivity index is 1.71. The van der Waals surface area contributed by atoms with Gasteiger partial charge in [0.2, 0.25) is 5.91 Å². The molecule has 11 nitrogen and oxygen atoms in total. The van der Waals surface area contributed by atoms with Crippen molar-refractivity contribution in [3.63, 3.8) is 0 Å². The molecule has 0 unspecified atom stereocenters. The van der Waals surface area contributed by atoms with Gasteiger partial charge in [-0.05, 0) is 18.3 Å². The van der Waals surface area contributed by atoms with Crippen molar-refractivity contribution in [2.75, 3.05) is 19.8 Å². The van der Waals surface area contributed by atoms with Gasteiger partial charge in [0.1, 0.15) is 36.6 Å². The summed E-state index contributed by atoms with van der Waals surface area (Å²) in [6, 6.07) is 0. The van der Waals surface area contributed by atoms with Crippen LogP contribution in [-0.4, -0.2) is 116 Å². The minimum atomic E-state index is -1.52. The Bertz CT molecular complexity index is 632. The zero-order chi connectivity index (χ0) is 23.7. The highest BCUT2D eigenvalue weighted by Crippen LogP contribution is 2.34. The zero-order valence-electron chi connectivity index (χ0n) is 18.7. The van der Waals surface area contributed by atoms with Gasteiger partial charge in [-0.1, -0.05) is 20.8 Å². The van der Waals surface area contributed by atoms with E-state index in [0.29, 0.717) is 18.9 Å². The molecule has 0 aromatic rings. The first kappa shape index (κ1) is 25.7. The standard InChI is InChI=1S/C21H37NO10/c1-9(2)4-11-5-14(25)22(6-11)20-18(29)17(28)19(13(8-24)30-20)32-21-10(3)15(26)16(27)12(7-23)31-21/h9-13,15-21,23-24,26-29H,4-8H2,1-3H3/t10-,11-,12-,13-,15-,16+,17-,18-,19-,20-,21+/m1/s1. The molecular formula is C21H37NO10. The van der Waals surface area contributed by atoms with E-state index < -0.39 is 74.4 Å². The van der Waals surface area contributed by atoms with Crippen molar-refractivity contribution >= 4 is 5.91 Å². The van der Waals surface area contributed by atoms with Crippen molar-refractivity contribution in [2.24, 2.45) is 17.8 Å². The van der Waals surface area contributed by atoms with Gasteiger partial charge in [0.05, 0.1) is 19.3 Å². The monoisotopic (exact) mass is 463 g/mol. The number of likely N-dealkylation sites (tertiary alicyclic amines) is 1. The fourth-order valence-electron chi connectivity index (χ4n) is 4.90. The van der Waals surface area contributed by atoms with Gasteiger partial charge in [-0.2, -0.15) is 0 Å². The van der Waals surface area contributed by atoms with Crippen molar-refractivity contribution in [1.82, 2.24) is 4.90 Å². The second kappa shape index (κ2) is 10.6. The van der Waals surface area contributed by atoms with E-state index in [9.17, 15) is 35.4 Å². The largest absolute Gasteiger partial charge is 0.394 e. The van der Waals surface area contributed by atoms with Gasteiger partial charge in [0, 0.05) is 18.9 Å². The summed E-state index contributed by atoms with van der Waals surface area (Å²) in [5.74, 6) is -0.384. The predicted octanol–water partition coefficient (Wildman–Crippen LogP) is -2.22. The number of carbonyl (C=O) groups excluding carboxylic acids is 1. The SMILES string of the molecule is CC(C)C[C@@H]1CC(=O)N([C@@H]2O[C@H](CO)[C@@H](O[C@@H]3O[C@H](CO)[C@H](O)[C@H](O)[C@H]3C)[C@H](O)[C@H]2O)C1. The zero-order valence-corrected chi connectivity index (χ0v) is 18.7. The molecule has 11 heteroatoms. The summed E-state index contributed by atoms with van der Waals surface area (Å²) >= 11 is 0. The Morgan fingerprint density at radius 2 is 1.66 bits per heavy atom. The maximum absolute atomic E-state index is 12.6. The van der Waals surface area contributed by atoms with Crippen LogP contribution in [0.25, 0.3) is 0 Å². The molecule has 0 aromatic carbocycles. The number of amides is 1. The summed E-state index contributed by atoms with van der Waals surface area (Å²) in [4.78, 5) is 14.0. The first-order valence-electron chi connectivity index (χ1n) is 11.3. The molecule has 186 valence electrons. The Morgan fingerprint density at radius 1 is 1.00 bits per heavy atom. The third kappa shape index (κ3) is 5.11. The second-order valence-corrected chi connectivity index (χ2v) is 9.64. The maximum Gasteiger partial charge on any atom is 0.225 e. The van der Waals surface area contributed by atoms with Crippen LogP contribution in [-0.2, 0) is 19.0 Å². The van der Waals surface area contributed by atoms with E-state index in [0.717, 1.165) is 6.42 Å². The van der Waals surface area contributed by atoms with Gasteiger partial charge in [0.25, 0.3) is 0 Å². The van der Waals surface area contributed by atoms with Crippen LogP contribution in [0.2, 0.25) is 0 Å². The van der Waals surface area contributed by atoms with E-state index in [1.54, 1.807) is 6.92 Å². The molecule has 0 saturated carbocycles. The fraction of sp³-hybridized carbons (Fsp3) is 0.952. The van der Waals surface area contributed by atoms with Crippen LogP contribution < -0.4 is 0 Å². The van der Waals surface area contributed by atoms with Gasteiger partial charge in [-0.15, -0.1) is 0 Å². The summed E-state index contributed by atoms with van der Waals surface area (Å²) in [6.45, 7) is 4.97. The molecule has 0 aromatic heterocycles. The van der Waals surface area contributed by atoms with Crippen molar-refractivity contribution in [1.29, 1.82) is 0 Å². The number of aliphatic hydroxyl groups excluding tert-OH is 6. The van der Waals surface area contributed by atoms with Crippen LogP contribution in [0.3, 0.4) is 0 Å². The summed E-state index contributed by atoms with van der Waals surface area (Å²) in [5, 5.41) is 61.1. The minimum Gasteiger partial charge on any atom is -0.394 e. The van der Waals surface area contributed by atoms with Crippen molar-refractivity contribution in [2.45, 2.75) is 88.9 Å². The van der Waals surface area contributed by atoms with Gasteiger partial charge < -0.3 is 49.7 Å². The van der Waals surface area contributed by atoms with Crippen LogP contribution >= 0.6 is 0 Å². The molecule has 6 N–H and O–H groups in total. The van der Waals surface area contributed by atoms with Gasteiger partial charge >= 0.3 is 0 Å². The highest BCUT2D eigenvalue weighted by Gasteiger charge is 2.52. The average molecular weight is 464 g/mol. The van der Waals surface area contributed by atoms with Crippen molar-refractivity contribution in [3.8, 4) is 0 Å². The quantitative estimate of drug-likeness (QED) is 0.243. The minimum absolute atomic E-state index is 0.122. The molecule has 0 radical (unpaired) electrons. The molecule has 0 bridgehead atoms. The van der Waals surface area contributed by atoms with E-state index in [4.69, 9.17) is 14.2 Å². The molecule has 1 amide bonds. The summed E-state index contributed by atoms with van der Waals surface area (Å²) in [5.41, 5.74) is 0. The molecule has 3 aliphatic heterocycles. The molecule has 3 heterocycles. The molecule has 11 atom stereocenters. The fourth-order valence-corrected chi connectivity index (χ4v) is 4.90. The Labute approximate surface area is 187 Å². The highest BCUT2D eigenvalue weighted by atomic mass is 16.7. The Morgan fingerprint density at radius 3 is 2.25 bits per heavy atom. The number of ether oxygens (including phenoxy) is 3. The lowest BCUT2D eigenvalue weighted by Gasteiger charge is -2.48. The van der Waals surface area contributed by atoms with Crippen molar-refractivity contribution in [3.05, 3.63) is 0 Å². The summed E-state index contributed by atoms with van der Waals surface area (Å²) in [7, 11) is 0. The molecule has 0 spiro atoms. The highest BCUT2D eigenvalue weighted by molar-refractivity contribution is 5.79. The van der Waals surface area contributed by atoms with Crippen molar-refractivity contribution < 1.29 is 49.6 Å². The van der Waals surface area contributed by atoms with Crippen LogP contribution in [0.1, 0.15) is 33.6 Å². The van der Waals surface area contributed by atoms with Crippen LogP contribution in [0.4, 0.5) is 0 Å². The molecule has 0 aliphatic carbocycles. The first-order chi connectivity index (χ1) is 15.1. The normalized spacial score (nSPS) is 45.6. The van der Waals surface area contributed by atoms with E-state index in [2.05, 4.69) is 13.8 Å². The lowest BCUT2D eigenvalue weighted by atomic mass is 9.91. The Kier molecular flexibility index (Phi) is 8.51. The molecular weight excluding hydrogens is 426 g/mol. The predicted molar refractivity (Wildman–Crippen MR) is 109 cm³/mol. The maximum atomic E-state index is 12.6. The number of carbonyl (C=O) groups is 1. The van der Waals surface area contributed by atoms with E-state index >= 15 is 0 Å². The van der Waals surface area contributed by atoms with Crippen LogP contribution in [0, 0.1) is 17.8 Å². The second-order valence-electron chi connectivity index (χ2n) is 9.64. The van der Waals surface area contributed by atoms with Gasteiger partial charge in [0.15, 0.2) is 12.5 Å². The lowest BCUT2D eigenvalue weighted by molar-refractivity contribution is -0.338. The third-order valence-electron chi connectivity index (χ3n) is 6.67. The summed E-state index contributed by atoms with van der Waals surface area (Å²) in [6.07, 6.45) is -10.1. The van der Waals surface area contributed by atoms with Crippen LogP contribution in [0.15, 0.2) is 0 Å².